The Kier molecular flexibility index (Phi) is 9.65. The zero-order chi connectivity index (χ0) is 22.8. The normalized spacial score (nSPS) is 20.9. The van der Waals surface area contributed by atoms with Crippen LogP contribution < -0.4 is 11.2 Å². The van der Waals surface area contributed by atoms with Crippen LogP contribution in [-0.2, 0) is 11.3 Å². The van der Waals surface area contributed by atoms with Crippen molar-refractivity contribution in [3.8, 4) is 0 Å². The fourth-order valence-corrected chi connectivity index (χ4v) is 4.52. The molecule has 0 bridgehead atoms. The van der Waals surface area contributed by atoms with Gasteiger partial charge in [-0.05, 0) is 87.4 Å². The van der Waals surface area contributed by atoms with Gasteiger partial charge in [0.25, 0.3) is 0 Å². The zero-order valence-electron chi connectivity index (χ0n) is 19.0. The van der Waals surface area contributed by atoms with Crippen molar-refractivity contribution in [2.45, 2.75) is 57.5 Å². The molecule has 3 N–H and O–H groups in total. The Morgan fingerprint density at radius 1 is 1.12 bits per heavy atom. The first-order valence-corrected chi connectivity index (χ1v) is 11.8. The van der Waals surface area contributed by atoms with Crippen LogP contribution >= 0.6 is 0 Å². The van der Waals surface area contributed by atoms with E-state index in [1.807, 2.05) is 30.3 Å². The minimum Gasteiger partial charge on any atom is -0.366 e. The molecule has 0 radical (unpaired) electrons. The molecule has 174 valence electrons. The van der Waals surface area contributed by atoms with E-state index in [-0.39, 0.29) is 23.9 Å². The molecule has 0 heterocycles. The van der Waals surface area contributed by atoms with Gasteiger partial charge in [0.05, 0.1) is 5.56 Å². The van der Waals surface area contributed by atoms with E-state index >= 15 is 0 Å². The molecule has 3 atom stereocenters. The van der Waals surface area contributed by atoms with Crippen LogP contribution in [0.3, 0.4) is 0 Å². The van der Waals surface area contributed by atoms with E-state index in [4.69, 9.17) is 10.6 Å². The van der Waals surface area contributed by atoms with Crippen LogP contribution in [-0.4, -0.2) is 42.6 Å². The molecular weight excluding hydrogens is 405 g/mol. The number of nitrogens with two attached hydrogens (primary N) is 1. The number of aryl methyl sites for hydroxylation is 1. The molecule has 1 saturated carbocycles. The van der Waals surface area contributed by atoms with Crippen LogP contribution in [0, 0.1) is 11.7 Å². The number of rotatable bonds is 11. The Balaban J connectivity index is 1.53. The highest BCUT2D eigenvalue weighted by Crippen LogP contribution is 2.25. The fraction of sp³-hybridized carbons (Fsp3) is 0.500. The van der Waals surface area contributed by atoms with Gasteiger partial charge in [0.2, 0.25) is 0 Å². The van der Waals surface area contributed by atoms with Crippen molar-refractivity contribution < 1.29 is 14.0 Å². The maximum atomic E-state index is 13.1. The van der Waals surface area contributed by atoms with Crippen molar-refractivity contribution in [1.29, 1.82) is 0 Å². The van der Waals surface area contributed by atoms with Gasteiger partial charge in [-0.25, -0.2) is 9.18 Å². The molecule has 1 aliphatic rings. The number of hydroxylamine groups is 1. The van der Waals surface area contributed by atoms with Gasteiger partial charge in [-0.15, -0.1) is 5.48 Å². The highest BCUT2D eigenvalue weighted by atomic mass is 19.1. The molecule has 0 aromatic heterocycles. The molecule has 0 aliphatic heterocycles. The molecule has 1 fully saturated rings. The Morgan fingerprint density at radius 3 is 2.59 bits per heavy atom. The second kappa shape index (κ2) is 12.7. The maximum Gasteiger partial charge on any atom is 0.356 e. The first kappa shape index (κ1) is 24.4. The molecule has 0 amide bonds. The lowest BCUT2D eigenvalue weighted by atomic mass is 9.82. The van der Waals surface area contributed by atoms with Crippen molar-refractivity contribution in [2.75, 3.05) is 19.6 Å². The molecule has 5 nitrogen and oxygen atoms in total. The third kappa shape index (κ3) is 7.69. The van der Waals surface area contributed by atoms with Crippen LogP contribution in [0.1, 0.15) is 54.9 Å². The third-order valence-corrected chi connectivity index (χ3v) is 6.22. The summed E-state index contributed by atoms with van der Waals surface area (Å²) in [5.74, 6) is -0.231. The molecule has 32 heavy (non-hydrogen) atoms. The Labute approximate surface area is 191 Å². The number of hydrogen-bond donors (Lipinski definition) is 2. The van der Waals surface area contributed by atoms with Gasteiger partial charge in [0.15, 0.2) is 0 Å². The van der Waals surface area contributed by atoms with Crippen LogP contribution in [0.2, 0.25) is 0 Å². The van der Waals surface area contributed by atoms with Crippen molar-refractivity contribution in [1.82, 2.24) is 10.4 Å². The molecule has 1 aliphatic carbocycles. The van der Waals surface area contributed by atoms with Crippen LogP contribution in [0.5, 0.6) is 0 Å². The summed E-state index contributed by atoms with van der Waals surface area (Å²) in [5.41, 5.74) is 11.0. The summed E-state index contributed by atoms with van der Waals surface area (Å²) in [6, 6.07) is 16.1. The summed E-state index contributed by atoms with van der Waals surface area (Å²) in [6.45, 7) is 5.11. The molecule has 2 aromatic carbocycles. The smallest absolute Gasteiger partial charge is 0.356 e. The second-order valence-corrected chi connectivity index (χ2v) is 8.84. The fourth-order valence-electron chi connectivity index (χ4n) is 4.52. The molecule has 0 unspecified atom stereocenters. The van der Waals surface area contributed by atoms with E-state index in [1.165, 1.54) is 12.1 Å². The zero-order valence-corrected chi connectivity index (χ0v) is 19.0. The first-order valence-electron chi connectivity index (χ1n) is 11.8. The lowest BCUT2D eigenvalue weighted by molar-refractivity contribution is -0.00230. The number of benzene rings is 2. The van der Waals surface area contributed by atoms with Gasteiger partial charge in [-0.2, -0.15) is 0 Å². The van der Waals surface area contributed by atoms with Crippen molar-refractivity contribution in [3.05, 3.63) is 71.5 Å². The monoisotopic (exact) mass is 441 g/mol. The summed E-state index contributed by atoms with van der Waals surface area (Å²) in [4.78, 5) is 20.3. The number of halogens is 1. The highest BCUT2D eigenvalue weighted by molar-refractivity contribution is 5.89. The standard InChI is InChI=1S/C26H36FN3O2/c1-2-16-30(17-6-7-20-10-12-23(27)13-11-20)19-22-18-24(28)14-15-25(22)29-32-26(31)21-8-4-3-5-9-21/h3-5,8-13,22,24-25,29H,2,6-7,14-19,28H2,1H3/t22-,24+,25+/m0/s1. The number of nitrogens with zero attached hydrogens (tertiary/aromatic N) is 1. The van der Waals surface area contributed by atoms with Gasteiger partial charge in [-0.3, -0.25) is 0 Å². The average Bonchev–Trinajstić information content (AvgIpc) is 2.80. The summed E-state index contributed by atoms with van der Waals surface area (Å²) in [5, 5.41) is 0. The van der Waals surface area contributed by atoms with E-state index in [1.54, 1.807) is 12.1 Å². The molecule has 3 rings (SSSR count). The van der Waals surface area contributed by atoms with Crippen molar-refractivity contribution in [3.63, 3.8) is 0 Å². The van der Waals surface area contributed by atoms with E-state index in [9.17, 15) is 9.18 Å². The molecule has 2 aromatic rings. The van der Waals surface area contributed by atoms with E-state index in [0.29, 0.717) is 11.5 Å². The van der Waals surface area contributed by atoms with Gasteiger partial charge in [-0.1, -0.05) is 37.3 Å². The topological polar surface area (TPSA) is 67.6 Å². The lowest BCUT2D eigenvalue weighted by Gasteiger charge is -2.37. The molecular formula is C26H36FN3O2. The van der Waals surface area contributed by atoms with Gasteiger partial charge >= 0.3 is 5.97 Å². The van der Waals surface area contributed by atoms with Crippen LogP contribution in [0.4, 0.5) is 4.39 Å². The minimum atomic E-state index is -0.357. The lowest BCUT2D eigenvalue weighted by Crippen LogP contribution is -2.49. The average molecular weight is 442 g/mol. The highest BCUT2D eigenvalue weighted by Gasteiger charge is 2.31. The number of carbonyl (C=O) groups excluding carboxylic acids is 1. The molecule has 6 heteroatoms. The van der Waals surface area contributed by atoms with Gasteiger partial charge in [0, 0.05) is 18.6 Å². The summed E-state index contributed by atoms with van der Waals surface area (Å²) < 4.78 is 13.1. The summed E-state index contributed by atoms with van der Waals surface area (Å²) in [6.07, 6.45) is 5.76. The van der Waals surface area contributed by atoms with E-state index in [2.05, 4.69) is 17.3 Å². The Bertz CT molecular complexity index is 816. The van der Waals surface area contributed by atoms with Gasteiger partial charge in [0.1, 0.15) is 5.82 Å². The van der Waals surface area contributed by atoms with Crippen LogP contribution in [0.25, 0.3) is 0 Å². The van der Waals surface area contributed by atoms with Gasteiger partial charge < -0.3 is 15.5 Å². The predicted molar refractivity (Wildman–Crippen MR) is 126 cm³/mol. The van der Waals surface area contributed by atoms with Crippen LogP contribution in [0.15, 0.2) is 54.6 Å². The predicted octanol–water partition coefficient (Wildman–Crippen LogP) is 4.33. The quantitative estimate of drug-likeness (QED) is 0.508. The minimum absolute atomic E-state index is 0.0962. The Morgan fingerprint density at radius 2 is 1.88 bits per heavy atom. The number of carbonyl (C=O) groups is 1. The molecule has 0 saturated heterocycles. The number of nitrogens with one attached hydrogen (secondary N) is 1. The third-order valence-electron chi connectivity index (χ3n) is 6.22. The first-order chi connectivity index (χ1) is 15.5. The summed E-state index contributed by atoms with van der Waals surface area (Å²) in [7, 11) is 0. The summed E-state index contributed by atoms with van der Waals surface area (Å²) >= 11 is 0. The SMILES string of the molecule is CCCN(CCCc1ccc(F)cc1)C[C@@H]1C[C@H](N)CC[C@H]1NOC(=O)c1ccccc1. The van der Waals surface area contributed by atoms with E-state index < -0.39 is 0 Å². The van der Waals surface area contributed by atoms with Crippen molar-refractivity contribution in [2.24, 2.45) is 11.7 Å². The number of hydrogen-bond acceptors (Lipinski definition) is 5. The largest absolute Gasteiger partial charge is 0.366 e. The Hall–Kier alpha value is -2.28. The van der Waals surface area contributed by atoms with E-state index in [0.717, 1.165) is 63.7 Å². The maximum absolute atomic E-state index is 13.1. The second-order valence-electron chi connectivity index (χ2n) is 8.84. The van der Waals surface area contributed by atoms with Crippen molar-refractivity contribution >= 4 is 5.97 Å². The molecule has 0 spiro atoms.